The van der Waals surface area contributed by atoms with Crippen molar-refractivity contribution < 1.29 is 19.4 Å². The number of amides is 1. The first-order valence-electron chi connectivity index (χ1n) is 6.29. The van der Waals surface area contributed by atoms with Crippen LogP contribution in [0.2, 0.25) is 0 Å². The number of carboxylic acid groups (broad SMARTS) is 1. The lowest BCUT2D eigenvalue weighted by Gasteiger charge is -2.35. The predicted molar refractivity (Wildman–Crippen MR) is 74.6 cm³/mol. The number of nitrogens with one attached hydrogen (secondary N) is 1. The quantitative estimate of drug-likeness (QED) is 0.441. The lowest BCUT2D eigenvalue weighted by molar-refractivity contribution is -0.134. The van der Waals surface area contributed by atoms with E-state index in [-0.39, 0.29) is 12.1 Å². The fourth-order valence-corrected chi connectivity index (χ4v) is 1.46. The number of aliphatic carboxylic acids is 1. The Morgan fingerprint density at radius 1 is 1.15 bits per heavy atom. The molecule has 116 valence electrons. The van der Waals surface area contributed by atoms with Gasteiger partial charge in [0.15, 0.2) is 5.96 Å². The molecule has 0 aromatic carbocycles. The monoisotopic (exact) mass is 288 g/mol. The Morgan fingerprint density at radius 2 is 1.50 bits per heavy atom. The Bertz CT molecular complexity index is 353. The number of hydrogen-bond acceptors (Lipinski definition) is 4. The van der Waals surface area contributed by atoms with E-state index in [0.717, 1.165) is 6.92 Å². The third kappa shape index (κ3) is 8.17. The topological polar surface area (TPSA) is 120 Å². The van der Waals surface area contributed by atoms with Crippen molar-refractivity contribution in [3.63, 3.8) is 0 Å². The van der Waals surface area contributed by atoms with E-state index in [9.17, 15) is 4.79 Å². The van der Waals surface area contributed by atoms with Crippen LogP contribution < -0.4 is 5.73 Å². The van der Waals surface area contributed by atoms with Crippen LogP contribution in [0, 0.1) is 5.41 Å². The van der Waals surface area contributed by atoms with Gasteiger partial charge in [-0.1, -0.05) is 0 Å². The van der Waals surface area contributed by atoms with Crippen LogP contribution >= 0.6 is 0 Å². The van der Waals surface area contributed by atoms with E-state index in [1.165, 1.54) is 0 Å². The first-order valence-corrected chi connectivity index (χ1v) is 6.29. The van der Waals surface area contributed by atoms with Crippen molar-refractivity contribution in [2.45, 2.75) is 33.3 Å². The minimum absolute atomic E-state index is 0.0591. The van der Waals surface area contributed by atoms with Gasteiger partial charge < -0.3 is 25.4 Å². The number of carbonyl (C=O) groups excluding carboxylic acids is 1. The van der Waals surface area contributed by atoms with Crippen molar-refractivity contribution in [1.29, 1.82) is 5.41 Å². The SMILES string of the molecule is CC(=O)O.CC(C)(C)OC(=O)N1CCN(C(=N)N)CC1. The van der Waals surface area contributed by atoms with Crippen LogP contribution in [0.25, 0.3) is 0 Å². The Morgan fingerprint density at radius 3 is 1.80 bits per heavy atom. The third-order valence-corrected chi connectivity index (χ3v) is 2.27. The van der Waals surface area contributed by atoms with Crippen LogP contribution in [0.15, 0.2) is 0 Å². The van der Waals surface area contributed by atoms with Crippen LogP contribution in [0.5, 0.6) is 0 Å². The van der Waals surface area contributed by atoms with Gasteiger partial charge in [-0.3, -0.25) is 10.2 Å². The molecule has 1 aliphatic heterocycles. The summed E-state index contributed by atoms with van der Waals surface area (Å²) in [5, 5.41) is 14.7. The average molecular weight is 288 g/mol. The Balaban J connectivity index is 0.000000796. The van der Waals surface area contributed by atoms with E-state index in [2.05, 4.69) is 0 Å². The van der Waals surface area contributed by atoms with Gasteiger partial charge in [0.2, 0.25) is 0 Å². The zero-order valence-electron chi connectivity index (χ0n) is 12.5. The van der Waals surface area contributed by atoms with Crippen LogP contribution in [0.3, 0.4) is 0 Å². The lowest BCUT2D eigenvalue weighted by Crippen LogP contribution is -2.53. The number of hydrogen-bond donors (Lipinski definition) is 3. The molecule has 0 aromatic heterocycles. The highest BCUT2D eigenvalue weighted by Crippen LogP contribution is 2.11. The summed E-state index contributed by atoms with van der Waals surface area (Å²) in [7, 11) is 0. The first kappa shape index (κ1) is 18.0. The van der Waals surface area contributed by atoms with E-state index in [4.69, 9.17) is 25.8 Å². The number of ether oxygens (including phenoxy) is 1. The number of guanidine groups is 1. The molecule has 1 saturated heterocycles. The molecule has 0 saturated carbocycles. The second-order valence-corrected chi connectivity index (χ2v) is 5.36. The predicted octanol–water partition coefficient (Wildman–Crippen LogP) is 0.523. The van der Waals surface area contributed by atoms with Crippen molar-refractivity contribution >= 4 is 18.0 Å². The van der Waals surface area contributed by atoms with Crippen molar-refractivity contribution in [3.8, 4) is 0 Å². The van der Waals surface area contributed by atoms with E-state index in [1.54, 1.807) is 9.80 Å². The van der Waals surface area contributed by atoms with Gasteiger partial charge in [0.25, 0.3) is 5.97 Å². The molecule has 1 heterocycles. The molecule has 0 aliphatic carbocycles. The number of carbonyl (C=O) groups is 2. The van der Waals surface area contributed by atoms with Gasteiger partial charge in [-0.15, -0.1) is 0 Å². The number of carboxylic acids is 1. The molecule has 0 bridgehead atoms. The van der Waals surface area contributed by atoms with Crippen LogP contribution in [-0.2, 0) is 9.53 Å². The summed E-state index contributed by atoms with van der Waals surface area (Å²) >= 11 is 0. The van der Waals surface area contributed by atoms with Crippen molar-refractivity contribution in [2.75, 3.05) is 26.2 Å². The second-order valence-electron chi connectivity index (χ2n) is 5.36. The summed E-state index contributed by atoms with van der Waals surface area (Å²) in [5.41, 5.74) is 4.90. The Hall–Kier alpha value is -1.99. The third-order valence-electron chi connectivity index (χ3n) is 2.27. The molecule has 0 unspecified atom stereocenters. The lowest BCUT2D eigenvalue weighted by atomic mass is 10.2. The van der Waals surface area contributed by atoms with Gasteiger partial charge >= 0.3 is 6.09 Å². The van der Waals surface area contributed by atoms with Gasteiger partial charge in [-0.05, 0) is 20.8 Å². The molecule has 20 heavy (non-hydrogen) atoms. The summed E-state index contributed by atoms with van der Waals surface area (Å²) in [4.78, 5) is 24.1. The standard InChI is InChI=1S/C10H20N4O2.C2H4O2/c1-10(2,3)16-9(15)14-6-4-13(5-7-14)8(11)12;1-2(3)4/h4-7H2,1-3H3,(H3,11,12);1H3,(H,3,4). The maximum Gasteiger partial charge on any atom is 0.410 e. The Kier molecular flexibility index (Phi) is 6.81. The minimum atomic E-state index is -0.833. The van der Waals surface area contributed by atoms with Crippen LogP contribution in [-0.4, -0.2) is 64.7 Å². The van der Waals surface area contributed by atoms with Crippen LogP contribution in [0.4, 0.5) is 4.79 Å². The van der Waals surface area contributed by atoms with Gasteiger partial charge in [-0.25, -0.2) is 4.79 Å². The van der Waals surface area contributed by atoms with Crippen molar-refractivity contribution in [3.05, 3.63) is 0 Å². The van der Waals surface area contributed by atoms with Gasteiger partial charge in [-0.2, -0.15) is 0 Å². The molecule has 8 heteroatoms. The summed E-state index contributed by atoms with van der Waals surface area (Å²) in [5.74, 6) is -0.774. The zero-order chi connectivity index (χ0) is 15.9. The van der Waals surface area contributed by atoms with Crippen molar-refractivity contribution in [1.82, 2.24) is 9.80 Å². The normalized spacial score (nSPS) is 15.0. The largest absolute Gasteiger partial charge is 0.481 e. The summed E-state index contributed by atoms with van der Waals surface area (Å²) in [6, 6.07) is 0. The summed E-state index contributed by atoms with van der Waals surface area (Å²) in [6.07, 6.45) is -0.296. The molecule has 1 fully saturated rings. The highest BCUT2D eigenvalue weighted by atomic mass is 16.6. The molecule has 0 atom stereocenters. The molecule has 1 rings (SSSR count). The molecule has 0 radical (unpaired) electrons. The summed E-state index contributed by atoms with van der Waals surface area (Å²) in [6.45, 7) is 8.90. The fraction of sp³-hybridized carbons (Fsp3) is 0.750. The molecule has 8 nitrogen and oxygen atoms in total. The molecule has 0 aromatic rings. The fourth-order valence-electron chi connectivity index (χ4n) is 1.46. The van der Waals surface area contributed by atoms with Gasteiger partial charge in [0.1, 0.15) is 5.60 Å². The Labute approximate surface area is 119 Å². The molecule has 1 amide bonds. The smallest absolute Gasteiger partial charge is 0.410 e. The highest BCUT2D eigenvalue weighted by molar-refractivity contribution is 5.75. The van der Waals surface area contributed by atoms with Gasteiger partial charge in [0, 0.05) is 33.1 Å². The van der Waals surface area contributed by atoms with Crippen molar-refractivity contribution in [2.24, 2.45) is 5.73 Å². The highest BCUT2D eigenvalue weighted by Gasteiger charge is 2.25. The zero-order valence-corrected chi connectivity index (χ0v) is 12.5. The van der Waals surface area contributed by atoms with Crippen LogP contribution in [0.1, 0.15) is 27.7 Å². The summed E-state index contributed by atoms with van der Waals surface area (Å²) < 4.78 is 5.26. The number of rotatable bonds is 0. The average Bonchev–Trinajstić information content (AvgIpc) is 2.26. The van der Waals surface area contributed by atoms with Gasteiger partial charge in [0.05, 0.1) is 0 Å². The molecule has 1 aliphatic rings. The number of nitrogens with zero attached hydrogens (tertiary/aromatic N) is 2. The number of piperazine rings is 1. The van der Waals surface area contributed by atoms with E-state index >= 15 is 0 Å². The maximum atomic E-state index is 11.7. The minimum Gasteiger partial charge on any atom is -0.481 e. The molecule has 4 N–H and O–H groups in total. The number of nitrogens with two attached hydrogens (primary N) is 1. The van der Waals surface area contributed by atoms with E-state index in [0.29, 0.717) is 26.2 Å². The first-order chi connectivity index (χ1) is 9.03. The second kappa shape index (κ2) is 7.56. The molecular weight excluding hydrogens is 264 g/mol. The molecule has 0 spiro atoms. The molecular formula is C12H24N4O4. The van der Waals surface area contributed by atoms with E-state index < -0.39 is 11.6 Å². The van der Waals surface area contributed by atoms with E-state index in [1.807, 2.05) is 20.8 Å². The maximum absolute atomic E-state index is 11.7.